The molecule has 2 aromatic carbocycles. The lowest BCUT2D eigenvalue weighted by molar-refractivity contribution is 0.418. The average Bonchev–Trinajstić information content (AvgIpc) is 2.52. The number of phenols is 1. The number of rotatable bonds is 3. The number of pyridine rings is 1. The number of hydrogen-bond donors (Lipinski definition) is 1. The van der Waals surface area contributed by atoms with E-state index >= 15 is 0 Å². The Morgan fingerprint density at radius 1 is 0.864 bits per heavy atom. The zero-order valence-electron chi connectivity index (χ0n) is 11.3. The molecule has 1 aromatic heterocycles. The Bertz CT molecular complexity index is 821. The van der Waals surface area contributed by atoms with Crippen LogP contribution in [0.25, 0.3) is 11.3 Å². The Morgan fingerprint density at radius 2 is 1.68 bits per heavy atom. The van der Waals surface area contributed by atoms with Crippen LogP contribution in [0.15, 0.2) is 60.7 Å². The summed E-state index contributed by atoms with van der Waals surface area (Å²) in [7, 11) is 0. The molecule has 1 heterocycles. The molecule has 22 heavy (non-hydrogen) atoms. The van der Waals surface area contributed by atoms with Crippen molar-refractivity contribution in [3.05, 3.63) is 72.3 Å². The van der Waals surface area contributed by atoms with Crippen molar-refractivity contribution < 1.29 is 18.6 Å². The van der Waals surface area contributed by atoms with E-state index in [0.717, 1.165) is 12.1 Å². The third-order valence-corrected chi connectivity index (χ3v) is 3.01. The third-order valence-electron chi connectivity index (χ3n) is 3.01. The van der Waals surface area contributed by atoms with Gasteiger partial charge in [0.05, 0.1) is 5.69 Å². The van der Waals surface area contributed by atoms with Gasteiger partial charge in [-0.2, -0.15) is 0 Å². The van der Waals surface area contributed by atoms with Crippen LogP contribution in [-0.2, 0) is 0 Å². The number of nitrogens with zero attached hydrogens (tertiary/aromatic N) is 1. The first-order valence-electron chi connectivity index (χ1n) is 6.52. The molecule has 0 aliphatic heterocycles. The first kappa shape index (κ1) is 14.0. The normalized spacial score (nSPS) is 10.5. The minimum Gasteiger partial charge on any atom is -0.505 e. The fourth-order valence-corrected chi connectivity index (χ4v) is 1.97. The molecule has 0 atom stereocenters. The molecule has 3 rings (SSSR count). The molecule has 0 aliphatic rings. The highest BCUT2D eigenvalue weighted by Crippen LogP contribution is 2.28. The van der Waals surface area contributed by atoms with Gasteiger partial charge in [0.25, 0.3) is 0 Å². The smallest absolute Gasteiger partial charge is 0.219 e. The molecule has 0 spiro atoms. The Labute approximate surface area is 125 Å². The van der Waals surface area contributed by atoms with Crippen LogP contribution in [0.4, 0.5) is 8.78 Å². The van der Waals surface area contributed by atoms with Crippen LogP contribution in [-0.4, -0.2) is 10.1 Å². The highest BCUT2D eigenvalue weighted by Gasteiger charge is 2.08. The van der Waals surface area contributed by atoms with Gasteiger partial charge in [0, 0.05) is 17.7 Å². The van der Waals surface area contributed by atoms with Gasteiger partial charge >= 0.3 is 0 Å². The van der Waals surface area contributed by atoms with E-state index in [1.807, 2.05) is 0 Å². The van der Waals surface area contributed by atoms with Crippen LogP contribution in [0.2, 0.25) is 0 Å². The molecule has 0 amide bonds. The van der Waals surface area contributed by atoms with Crippen molar-refractivity contribution in [2.75, 3.05) is 0 Å². The molecule has 3 nitrogen and oxygen atoms in total. The minimum absolute atomic E-state index is 0.215. The van der Waals surface area contributed by atoms with E-state index < -0.39 is 11.6 Å². The fourth-order valence-electron chi connectivity index (χ4n) is 1.97. The largest absolute Gasteiger partial charge is 0.505 e. The van der Waals surface area contributed by atoms with Crippen molar-refractivity contribution in [3.63, 3.8) is 0 Å². The summed E-state index contributed by atoms with van der Waals surface area (Å²) in [4.78, 5) is 4.21. The monoisotopic (exact) mass is 299 g/mol. The molecule has 0 saturated heterocycles. The Balaban J connectivity index is 1.91. The summed E-state index contributed by atoms with van der Waals surface area (Å²) in [6.45, 7) is 0. The predicted molar refractivity (Wildman–Crippen MR) is 77.8 cm³/mol. The number of hydrogen-bond acceptors (Lipinski definition) is 3. The maximum Gasteiger partial charge on any atom is 0.219 e. The number of aromatic hydroxyl groups is 1. The number of phenolic OH excluding ortho intramolecular Hbond substituents is 1. The summed E-state index contributed by atoms with van der Waals surface area (Å²) < 4.78 is 32.2. The molecule has 5 heteroatoms. The maximum absolute atomic E-state index is 13.8. The Kier molecular flexibility index (Phi) is 3.70. The van der Waals surface area contributed by atoms with Crippen LogP contribution in [0, 0.1) is 11.6 Å². The summed E-state index contributed by atoms with van der Waals surface area (Å²) in [6.07, 6.45) is 0. The standard InChI is InChI=1S/C17H11F2NO2/c18-13-5-2-1-4-12(13)15-6-3-7-17(20-15)22-11-8-9-14(19)16(21)10-11/h1-10,21H. The lowest BCUT2D eigenvalue weighted by Gasteiger charge is -2.08. The van der Waals surface area contributed by atoms with Crippen LogP contribution in [0.5, 0.6) is 17.4 Å². The highest BCUT2D eigenvalue weighted by atomic mass is 19.1. The number of aromatic nitrogens is 1. The second-order valence-electron chi connectivity index (χ2n) is 4.56. The van der Waals surface area contributed by atoms with Gasteiger partial charge in [-0.05, 0) is 30.3 Å². The van der Waals surface area contributed by atoms with Gasteiger partial charge < -0.3 is 9.84 Å². The zero-order valence-corrected chi connectivity index (χ0v) is 11.3. The van der Waals surface area contributed by atoms with E-state index in [-0.39, 0.29) is 17.4 Å². The van der Waals surface area contributed by atoms with Gasteiger partial charge in [0.2, 0.25) is 5.88 Å². The molecule has 110 valence electrons. The van der Waals surface area contributed by atoms with Crippen molar-refractivity contribution in [3.8, 4) is 28.6 Å². The molecule has 0 radical (unpaired) electrons. The summed E-state index contributed by atoms with van der Waals surface area (Å²) in [6, 6.07) is 14.8. The number of ether oxygens (including phenoxy) is 1. The first-order valence-corrected chi connectivity index (χ1v) is 6.52. The third kappa shape index (κ3) is 2.88. The van der Waals surface area contributed by atoms with Gasteiger partial charge in [-0.15, -0.1) is 0 Å². The van der Waals surface area contributed by atoms with Crippen molar-refractivity contribution >= 4 is 0 Å². The van der Waals surface area contributed by atoms with Gasteiger partial charge in [-0.25, -0.2) is 13.8 Å². The van der Waals surface area contributed by atoms with E-state index in [1.54, 1.807) is 36.4 Å². The average molecular weight is 299 g/mol. The number of benzene rings is 2. The summed E-state index contributed by atoms with van der Waals surface area (Å²) in [5, 5.41) is 9.32. The molecule has 0 aliphatic carbocycles. The minimum atomic E-state index is -0.736. The van der Waals surface area contributed by atoms with Crippen molar-refractivity contribution in [2.24, 2.45) is 0 Å². The zero-order chi connectivity index (χ0) is 15.5. The Hall–Kier alpha value is -2.95. The van der Waals surface area contributed by atoms with Crippen LogP contribution < -0.4 is 4.74 Å². The van der Waals surface area contributed by atoms with E-state index in [1.165, 1.54) is 12.1 Å². The first-order chi connectivity index (χ1) is 10.6. The Morgan fingerprint density at radius 3 is 2.45 bits per heavy atom. The molecular formula is C17H11F2NO2. The van der Waals surface area contributed by atoms with Crippen molar-refractivity contribution in [1.29, 1.82) is 0 Å². The van der Waals surface area contributed by atoms with Gasteiger partial charge in [-0.1, -0.05) is 18.2 Å². The number of halogens is 2. The van der Waals surface area contributed by atoms with Crippen molar-refractivity contribution in [1.82, 2.24) is 4.98 Å². The molecule has 3 aromatic rings. The van der Waals surface area contributed by atoms with E-state index in [2.05, 4.69) is 4.98 Å². The van der Waals surface area contributed by atoms with Gasteiger partial charge in [-0.3, -0.25) is 0 Å². The van der Waals surface area contributed by atoms with E-state index in [9.17, 15) is 13.9 Å². The molecule has 1 N–H and O–H groups in total. The highest BCUT2D eigenvalue weighted by molar-refractivity contribution is 5.60. The van der Waals surface area contributed by atoms with Crippen LogP contribution in [0.3, 0.4) is 0 Å². The lowest BCUT2D eigenvalue weighted by Crippen LogP contribution is -1.92. The topological polar surface area (TPSA) is 42.4 Å². The molecule has 0 saturated carbocycles. The quantitative estimate of drug-likeness (QED) is 0.773. The SMILES string of the molecule is Oc1cc(Oc2cccc(-c3ccccc3F)n2)ccc1F. The van der Waals surface area contributed by atoms with Crippen LogP contribution >= 0.6 is 0 Å². The van der Waals surface area contributed by atoms with E-state index in [0.29, 0.717) is 11.3 Å². The molecular weight excluding hydrogens is 288 g/mol. The molecule has 0 fully saturated rings. The van der Waals surface area contributed by atoms with Gasteiger partial charge in [0.15, 0.2) is 11.6 Å². The van der Waals surface area contributed by atoms with Crippen molar-refractivity contribution in [2.45, 2.75) is 0 Å². The predicted octanol–water partition coefficient (Wildman–Crippen LogP) is 4.52. The second-order valence-corrected chi connectivity index (χ2v) is 4.56. The van der Waals surface area contributed by atoms with Gasteiger partial charge in [0.1, 0.15) is 11.6 Å². The fraction of sp³-hybridized carbons (Fsp3) is 0. The summed E-state index contributed by atoms with van der Waals surface area (Å²) >= 11 is 0. The molecule has 0 bridgehead atoms. The summed E-state index contributed by atoms with van der Waals surface area (Å²) in [5.41, 5.74) is 0.775. The molecule has 0 unspecified atom stereocenters. The van der Waals surface area contributed by atoms with E-state index in [4.69, 9.17) is 4.74 Å². The van der Waals surface area contributed by atoms with Crippen LogP contribution in [0.1, 0.15) is 0 Å². The summed E-state index contributed by atoms with van der Waals surface area (Å²) in [5.74, 6) is -1.18. The second kappa shape index (κ2) is 5.81. The lowest BCUT2D eigenvalue weighted by atomic mass is 10.1. The maximum atomic E-state index is 13.8.